The summed E-state index contributed by atoms with van der Waals surface area (Å²) in [7, 11) is 0. The molecule has 0 saturated carbocycles. The van der Waals surface area contributed by atoms with Gasteiger partial charge in [0.05, 0.1) is 3.42 Å². The van der Waals surface area contributed by atoms with Crippen LogP contribution in [0.3, 0.4) is 0 Å². The number of hydrogen-bond donors (Lipinski definition) is 0. The summed E-state index contributed by atoms with van der Waals surface area (Å²) >= 11 is 2.58. The number of rotatable bonds is 0. The highest BCUT2D eigenvalue weighted by Crippen LogP contribution is 2.53. The van der Waals surface area contributed by atoms with Gasteiger partial charge in [0.2, 0.25) is 0 Å². The first-order chi connectivity index (χ1) is 9.18. The van der Waals surface area contributed by atoms with Crippen molar-refractivity contribution in [2.75, 3.05) is 0 Å². The number of benzene rings is 3. The van der Waals surface area contributed by atoms with Crippen molar-refractivity contribution in [2.24, 2.45) is 0 Å². The Balaban J connectivity index is 2.15. The SMILES string of the molecule is CC1(I)c2ccccc2-c2cc3ccccc3cc21. The summed E-state index contributed by atoms with van der Waals surface area (Å²) in [5, 5.41) is 2.65. The third kappa shape index (κ3) is 1.51. The lowest BCUT2D eigenvalue weighted by molar-refractivity contribution is 0.917. The fraction of sp³-hybridized carbons (Fsp3) is 0.111. The number of alkyl halides is 1. The minimum Gasteiger partial charge on any atom is -0.0686 e. The molecule has 0 bridgehead atoms. The van der Waals surface area contributed by atoms with E-state index in [-0.39, 0.29) is 3.42 Å². The molecule has 0 N–H and O–H groups in total. The predicted octanol–water partition coefficient (Wildman–Crippen LogP) is 5.52. The van der Waals surface area contributed by atoms with Crippen LogP contribution in [0.5, 0.6) is 0 Å². The van der Waals surface area contributed by atoms with E-state index in [1.807, 2.05) is 0 Å². The quantitative estimate of drug-likeness (QED) is 0.368. The summed E-state index contributed by atoms with van der Waals surface area (Å²) in [6, 6.07) is 22.1. The smallest absolute Gasteiger partial charge is 0.0686 e. The Morgan fingerprint density at radius 3 is 2.16 bits per heavy atom. The molecule has 1 atom stereocenters. The summed E-state index contributed by atoms with van der Waals surface area (Å²) in [5.74, 6) is 0. The van der Waals surface area contributed by atoms with Gasteiger partial charge in [-0.05, 0) is 52.1 Å². The predicted molar refractivity (Wildman–Crippen MR) is 89.9 cm³/mol. The van der Waals surface area contributed by atoms with E-state index in [9.17, 15) is 0 Å². The summed E-state index contributed by atoms with van der Waals surface area (Å²) in [5.41, 5.74) is 5.65. The third-order valence-corrected chi connectivity index (χ3v) is 5.28. The average Bonchev–Trinajstić information content (AvgIpc) is 2.66. The molecule has 0 spiro atoms. The zero-order valence-electron chi connectivity index (χ0n) is 10.7. The van der Waals surface area contributed by atoms with E-state index in [0.717, 1.165) is 0 Å². The van der Waals surface area contributed by atoms with Crippen LogP contribution in [0.15, 0.2) is 60.7 Å². The molecule has 0 nitrogen and oxygen atoms in total. The Hall–Kier alpha value is -1.35. The average molecular weight is 356 g/mol. The molecule has 0 fully saturated rings. The maximum absolute atomic E-state index is 2.58. The Kier molecular flexibility index (Phi) is 2.31. The van der Waals surface area contributed by atoms with Crippen LogP contribution in [-0.4, -0.2) is 0 Å². The second-order valence-corrected chi connectivity index (χ2v) is 7.45. The van der Waals surface area contributed by atoms with Crippen molar-refractivity contribution in [1.29, 1.82) is 0 Å². The van der Waals surface area contributed by atoms with Gasteiger partial charge >= 0.3 is 0 Å². The normalized spacial score (nSPS) is 20.3. The first kappa shape index (κ1) is 11.5. The second-order valence-electron chi connectivity index (χ2n) is 5.29. The highest BCUT2D eigenvalue weighted by atomic mass is 127. The van der Waals surface area contributed by atoms with Crippen LogP contribution in [0.2, 0.25) is 0 Å². The van der Waals surface area contributed by atoms with Gasteiger partial charge in [-0.2, -0.15) is 0 Å². The van der Waals surface area contributed by atoms with Crippen molar-refractivity contribution < 1.29 is 0 Å². The van der Waals surface area contributed by atoms with Gasteiger partial charge in [-0.3, -0.25) is 0 Å². The van der Waals surface area contributed by atoms with Gasteiger partial charge in [0.1, 0.15) is 0 Å². The molecule has 0 heterocycles. The van der Waals surface area contributed by atoms with Crippen LogP contribution in [0.4, 0.5) is 0 Å². The van der Waals surface area contributed by atoms with Crippen LogP contribution in [0, 0.1) is 0 Å². The van der Waals surface area contributed by atoms with Crippen LogP contribution in [0.1, 0.15) is 18.1 Å². The van der Waals surface area contributed by atoms with Crippen LogP contribution in [-0.2, 0) is 3.42 Å². The van der Waals surface area contributed by atoms with Crippen molar-refractivity contribution in [2.45, 2.75) is 10.3 Å². The molecular weight excluding hydrogens is 343 g/mol. The Morgan fingerprint density at radius 1 is 0.737 bits per heavy atom. The van der Waals surface area contributed by atoms with Gasteiger partial charge in [0, 0.05) is 0 Å². The number of hydrogen-bond acceptors (Lipinski definition) is 0. The van der Waals surface area contributed by atoms with Gasteiger partial charge < -0.3 is 0 Å². The lowest BCUT2D eigenvalue weighted by Crippen LogP contribution is -2.10. The fourth-order valence-corrected chi connectivity index (χ4v) is 4.04. The largest absolute Gasteiger partial charge is 0.0702 e. The van der Waals surface area contributed by atoms with Crippen molar-refractivity contribution in [1.82, 2.24) is 0 Å². The Morgan fingerprint density at radius 2 is 1.37 bits per heavy atom. The van der Waals surface area contributed by atoms with E-state index < -0.39 is 0 Å². The highest BCUT2D eigenvalue weighted by molar-refractivity contribution is 14.1. The zero-order valence-corrected chi connectivity index (χ0v) is 12.8. The molecule has 3 aromatic rings. The van der Waals surface area contributed by atoms with E-state index in [4.69, 9.17) is 0 Å². The summed E-state index contributed by atoms with van der Waals surface area (Å²) in [6.45, 7) is 2.31. The third-order valence-electron chi connectivity index (χ3n) is 4.11. The lowest BCUT2D eigenvalue weighted by atomic mass is 9.96. The zero-order chi connectivity index (χ0) is 13.0. The maximum Gasteiger partial charge on any atom is 0.0702 e. The van der Waals surface area contributed by atoms with Gasteiger partial charge in [0.25, 0.3) is 0 Å². The Labute approximate surface area is 126 Å². The number of fused-ring (bicyclic) bond motifs is 4. The van der Waals surface area contributed by atoms with Gasteiger partial charge in [-0.15, -0.1) is 0 Å². The molecular formula is C18H13I. The van der Waals surface area contributed by atoms with E-state index >= 15 is 0 Å². The molecule has 4 rings (SSSR count). The maximum atomic E-state index is 2.58. The minimum atomic E-state index is 0.0771. The molecule has 0 saturated heterocycles. The standard InChI is InChI=1S/C18H13I/c1-18(19)16-9-5-4-8-14(16)15-10-12-6-2-3-7-13(12)11-17(15)18/h2-11H,1H3. The molecule has 3 aromatic carbocycles. The fourth-order valence-electron chi connectivity index (χ4n) is 3.12. The second kappa shape index (κ2) is 3.83. The molecule has 1 aliphatic rings. The van der Waals surface area contributed by atoms with Crippen molar-refractivity contribution in [3.63, 3.8) is 0 Å². The van der Waals surface area contributed by atoms with Crippen molar-refractivity contribution >= 4 is 33.4 Å². The minimum absolute atomic E-state index is 0.0771. The van der Waals surface area contributed by atoms with Crippen molar-refractivity contribution in [3.8, 4) is 11.1 Å². The summed E-state index contributed by atoms with van der Waals surface area (Å²) in [6.07, 6.45) is 0. The highest BCUT2D eigenvalue weighted by Gasteiger charge is 2.36. The Bertz CT molecular complexity index is 800. The molecule has 0 amide bonds. The van der Waals surface area contributed by atoms with E-state index in [1.165, 1.54) is 33.0 Å². The molecule has 0 aromatic heterocycles. The van der Waals surface area contributed by atoms with Gasteiger partial charge in [-0.25, -0.2) is 0 Å². The molecule has 92 valence electrons. The van der Waals surface area contributed by atoms with Gasteiger partial charge in [0.15, 0.2) is 0 Å². The molecule has 1 aliphatic carbocycles. The van der Waals surface area contributed by atoms with Crippen LogP contribution >= 0.6 is 22.6 Å². The van der Waals surface area contributed by atoms with Crippen LogP contribution < -0.4 is 0 Å². The van der Waals surface area contributed by atoms with Gasteiger partial charge in [-0.1, -0.05) is 71.1 Å². The van der Waals surface area contributed by atoms with E-state index in [2.05, 4.69) is 90.2 Å². The summed E-state index contributed by atoms with van der Waals surface area (Å²) < 4.78 is 0.0771. The van der Waals surface area contributed by atoms with E-state index in [0.29, 0.717) is 0 Å². The molecule has 19 heavy (non-hydrogen) atoms. The number of halogens is 1. The monoisotopic (exact) mass is 356 g/mol. The summed E-state index contributed by atoms with van der Waals surface area (Å²) in [4.78, 5) is 0. The van der Waals surface area contributed by atoms with Crippen LogP contribution in [0.25, 0.3) is 21.9 Å². The van der Waals surface area contributed by atoms with E-state index in [1.54, 1.807) is 0 Å². The molecule has 0 radical (unpaired) electrons. The first-order valence-corrected chi connectivity index (χ1v) is 7.58. The van der Waals surface area contributed by atoms with Crippen molar-refractivity contribution in [3.05, 3.63) is 71.8 Å². The topological polar surface area (TPSA) is 0 Å². The first-order valence-electron chi connectivity index (χ1n) is 6.50. The molecule has 1 heteroatoms. The lowest BCUT2D eigenvalue weighted by Gasteiger charge is -2.19. The molecule has 0 aliphatic heterocycles. The molecule has 1 unspecified atom stereocenters.